The molecule has 3 rings (SSSR count). The van der Waals surface area contributed by atoms with E-state index in [-0.39, 0.29) is 38.3 Å². The molecule has 1 aromatic carbocycles. The van der Waals surface area contributed by atoms with Gasteiger partial charge in [-0.05, 0) is 31.2 Å². The van der Waals surface area contributed by atoms with Crippen LogP contribution in [-0.4, -0.2) is 32.7 Å². The molecule has 0 unspecified atom stereocenters. The van der Waals surface area contributed by atoms with Crippen LogP contribution in [0.5, 0.6) is 0 Å². The van der Waals surface area contributed by atoms with Gasteiger partial charge in [-0.25, -0.2) is 13.9 Å². The Hall–Kier alpha value is -2.67. The number of rotatable bonds is 4. The van der Waals surface area contributed by atoms with E-state index in [1.807, 2.05) is 0 Å². The second-order valence-electron chi connectivity index (χ2n) is 6.17. The van der Waals surface area contributed by atoms with Gasteiger partial charge in [-0.1, -0.05) is 22.9 Å². The number of halogens is 8. The zero-order valence-corrected chi connectivity index (χ0v) is 16.7. The number of nitrogens with zero attached hydrogens (tertiary/aromatic N) is 3. The van der Waals surface area contributed by atoms with Crippen LogP contribution in [0, 0.1) is 5.82 Å². The minimum atomic E-state index is -4.76. The van der Waals surface area contributed by atoms with Crippen molar-refractivity contribution in [3.05, 3.63) is 45.8 Å². The van der Waals surface area contributed by atoms with Crippen LogP contribution in [0.2, 0.25) is 5.02 Å². The van der Waals surface area contributed by atoms with Gasteiger partial charge in [0.05, 0.1) is 10.7 Å². The third kappa shape index (κ3) is 4.98. The maximum absolute atomic E-state index is 13.4. The standard InChI is InChI=1S/C17H10ClF7N4OS/c1-7(16(20,21)22)26-12(30)5-4-11-13(9-3-2-8(19)6-10(9)18)27-15-29(11)28-14(31-15)17(23,24)25/h2-7H,1H3,(H,26,30)/b5-4+/t7-/m1/s1. The lowest BCUT2D eigenvalue weighted by Crippen LogP contribution is -2.42. The molecule has 1 N–H and O–H groups in total. The molecule has 1 amide bonds. The first kappa shape index (κ1) is 23.0. The molecule has 2 heterocycles. The average molecular weight is 487 g/mol. The highest BCUT2D eigenvalue weighted by Crippen LogP contribution is 2.37. The summed E-state index contributed by atoms with van der Waals surface area (Å²) in [6.07, 6.45) is -7.80. The summed E-state index contributed by atoms with van der Waals surface area (Å²) in [5, 5.41) is 3.76. The van der Waals surface area contributed by atoms with Crippen LogP contribution in [0.15, 0.2) is 24.3 Å². The molecule has 14 heteroatoms. The van der Waals surface area contributed by atoms with E-state index in [9.17, 15) is 35.5 Å². The van der Waals surface area contributed by atoms with Gasteiger partial charge in [-0.2, -0.15) is 26.3 Å². The van der Waals surface area contributed by atoms with Crippen molar-refractivity contribution in [1.29, 1.82) is 0 Å². The minimum absolute atomic E-state index is 0.0367. The van der Waals surface area contributed by atoms with Gasteiger partial charge in [0.2, 0.25) is 15.9 Å². The number of imidazole rings is 1. The highest BCUT2D eigenvalue weighted by atomic mass is 35.5. The van der Waals surface area contributed by atoms with Gasteiger partial charge in [0.15, 0.2) is 0 Å². The molecule has 166 valence electrons. The molecule has 2 aromatic heterocycles. The Bertz CT molecular complexity index is 1170. The fourth-order valence-electron chi connectivity index (χ4n) is 2.41. The van der Waals surface area contributed by atoms with Crippen LogP contribution in [0.25, 0.3) is 22.3 Å². The molecule has 5 nitrogen and oxygen atoms in total. The number of alkyl halides is 6. The van der Waals surface area contributed by atoms with Crippen molar-refractivity contribution >= 4 is 39.9 Å². The first-order valence-electron chi connectivity index (χ1n) is 8.25. The second-order valence-corrected chi connectivity index (χ2v) is 7.54. The van der Waals surface area contributed by atoms with Crippen molar-refractivity contribution in [3.63, 3.8) is 0 Å². The fourth-order valence-corrected chi connectivity index (χ4v) is 3.44. The van der Waals surface area contributed by atoms with Crippen molar-refractivity contribution in [2.75, 3.05) is 0 Å². The number of aromatic nitrogens is 3. The first-order valence-corrected chi connectivity index (χ1v) is 9.44. The minimum Gasteiger partial charge on any atom is -0.341 e. The van der Waals surface area contributed by atoms with Gasteiger partial charge in [0, 0.05) is 11.6 Å². The van der Waals surface area contributed by atoms with Crippen molar-refractivity contribution in [1.82, 2.24) is 19.9 Å². The average Bonchev–Trinajstić information content (AvgIpc) is 3.17. The molecule has 0 saturated carbocycles. The first-order chi connectivity index (χ1) is 14.3. The summed E-state index contributed by atoms with van der Waals surface area (Å²) in [6, 6.07) is 1.05. The van der Waals surface area contributed by atoms with Gasteiger partial charge in [0.1, 0.15) is 17.6 Å². The fraction of sp³-hybridized carbons (Fsp3) is 0.235. The number of carbonyl (C=O) groups is 1. The molecule has 0 radical (unpaired) electrons. The quantitative estimate of drug-likeness (QED) is 0.399. The number of benzene rings is 1. The number of nitrogens with one attached hydrogen (secondary N) is 1. The van der Waals surface area contributed by atoms with E-state index in [1.54, 1.807) is 5.32 Å². The highest BCUT2D eigenvalue weighted by Gasteiger charge is 2.37. The topological polar surface area (TPSA) is 59.3 Å². The molecule has 0 aliphatic rings. The number of hydrogen-bond donors (Lipinski definition) is 1. The molecule has 0 spiro atoms. The molecule has 0 bridgehead atoms. The summed E-state index contributed by atoms with van der Waals surface area (Å²) in [5.74, 6) is -1.83. The summed E-state index contributed by atoms with van der Waals surface area (Å²) in [6.45, 7) is 0.725. The third-order valence-corrected chi connectivity index (χ3v) is 5.18. The van der Waals surface area contributed by atoms with Gasteiger partial charge in [0.25, 0.3) is 0 Å². The summed E-state index contributed by atoms with van der Waals surface area (Å²) >= 11 is 6.21. The lowest BCUT2D eigenvalue weighted by molar-refractivity contribution is -0.156. The number of amides is 1. The molecule has 3 aromatic rings. The predicted molar refractivity (Wildman–Crippen MR) is 99.0 cm³/mol. The van der Waals surface area contributed by atoms with Crippen LogP contribution in [0.4, 0.5) is 30.7 Å². The normalized spacial score (nSPS) is 13.8. The maximum atomic E-state index is 13.4. The molecular formula is C17H10ClF7N4OS. The Morgan fingerprint density at radius 2 is 1.94 bits per heavy atom. The van der Waals surface area contributed by atoms with Crippen LogP contribution >= 0.6 is 22.9 Å². The number of fused-ring (bicyclic) bond motifs is 1. The van der Waals surface area contributed by atoms with E-state index in [2.05, 4.69) is 10.1 Å². The van der Waals surface area contributed by atoms with Crippen molar-refractivity contribution in [2.45, 2.75) is 25.3 Å². The van der Waals surface area contributed by atoms with Gasteiger partial charge < -0.3 is 5.32 Å². The van der Waals surface area contributed by atoms with Gasteiger partial charge >= 0.3 is 12.4 Å². The SMILES string of the molecule is C[C@@H](NC(=O)/C=C/c1c(-c2ccc(F)cc2Cl)nc2sc(C(F)(F)F)nn12)C(F)(F)F. The molecule has 1 atom stereocenters. The van der Waals surface area contributed by atoms with Gasteiger partial charge in [-0.15, -0.1) is 5.10 Å². The van der Waals surface area contributed by atoms with E-state index < -0.39 is 35.1 Å². The monoisotopic (exact) mass is 486 g/mol. The summed E-state index contributed by atoms with van der Waals surface area (Å²) in [4.78, 5) is 15.7. The second kappa shape index (κ2) is 8.11. The molecule has 0 saturated heterocycles. The summed E-state index contributed by atoms with van der Waals surface area (Å²) in [7, 11) is 0. The van der Waals surface area contributed by atoms with E-state index in [0.717, 1.165) is 29.6 Å². The zero-order chi connectivity index (χ0) is 23.1. The van der Waals surface area contributed by atoms with E-state index >= 15 is 0 Å². The molecule has 0 aliphatic heterocycles. The molecule has 0 fully saturated rings. The smallest absolute Gasteiger partial charge is 0.341 e. The molecular weight excluding hydrogens is 477 g/mol. The molecule has 31 heavy (non-hydrogen) atoms. The van der Waals surface area contributed by atoms with Crippen molar-refractivity contribution < 1.29 is 35.5 Å². The van der Waals surface area contributed by atoms with Crippen molar-refractivity contribution in [3.8, 4) is 11.3 Å². The van der Waals surface area contributed by atoms with Crippen LogP contribution in [0.1, 0.15) is 17.6 Å². The Kier molecular flexibility index (Phi) is 6.02. The van der Waals surface area contributed by atoms with Gasteiger partial charge in [-0.3, -0.25) is 4.79 Å². The van der Waals surface area contributed by atoms with E-state index in [0.29, 0.717) is 6.08 Å². The largest absolute Gasteiger partial charge is 0.445 e. The van der Waals surface area contributed by atoms with Crippen LogP contribution < -0.4 is 5.32 Å². The predicted octanol–water partition coefficient (Wildman–Crippen LogP) is 5.35. The lowest BCUT2D eigenvalue weighted by atomic mass is 10.1. The van der Waals surface area contributed by atoms with E-state index in [1.165, 1.54) is 6.07 Å². The zero-order valence-electron chi connectivity index (χ0n) is 15.1. The molecule has 0 aliphatic carbocycles. The van der Waals surface area contributed by atoms with Crippen LogP contribution in [-0.2, 0) is 11.0 Å². The van der Waals surface area contributed by atoms with E-state index in [4.69, 9.17) is 11.6 Å². The Morgan fingerprint density at radius 1 is 1.26 bits per heavy atom. The lowest BCUT2D eigenvalue weighted by Gasteiger charge is -2.15. The number of carbonyl (C=O) groups excluding carboxylic acids is 1. The number of hydrogen-bond acceptors (Lipinski definition) is 4. The maximum Gasteiger partial charge on any atom is 0.445 e. The Labute approximate surface area is 178 Å². The van der Waals surface area contributed by atoms with Crippen molar-refractivity contribution in [2.24, 2.45) is 0 Å². The Morgan fingerprint density at radius 3 is 2.52 bits per heavy atom. The summed E-state index contributed by atoms with van der Waals surface area (Å²) in [5.41, 5.74) is -0.0755. The summed E-state index contributed by atoms with van der Waals surface area (Å²) < 4.78 is 90.9. The highest BCUT2D eigenvalue weighted by molar-refractivity contribution is 7.16. The van der Waals surface area contributed by atoms with Crippen LogP contribution in [0.3, 0.4) is 0 Å². The third-order valence-electron chi connectivity index (χ3n) is 3.91. The Balaban J connectivity index is 2.07.